The van der Waals surface area contributed by atoms with Gasteiger partial charge in [0, 0.05) is 25.9 Å². The van der Waals surface area contributed by atoms with E-state index in [-0.39, 0.29) is 30.3 Å². The summed E-state index contributed by atoms with van der Waals surface area (Å²) >= 11 is 0. The number of halogens is 1. The van der Waals surface area contributed by atoms with Crippen LogP contribution in [-0.2, 0) is 11.3 Å². The van der Waals surface area contributed by atoms with Gasteiger partial charge in [0.05, 0.1) is 0 Å². The Labute approximate surface area is 123 Å². The number of aromatic amines is 1. The van der Waals surface area contributed by atoms with Crippen molar-refractivity contribution in [3.63, 3.8) is 0 Å². The lowest BCUT2D eigenvalue weighted by atomic mass is 9.93. The van der Waals surface area contributed by atoms with Gasteiger partial charge in [-0.2, -0.15) is 0 Å². The molecule has 0 fully saturated rings. The van der Waals surface area contributed by atoms with Gasteiger partial charge in [-0.15, -0.1) is 12.4 Å². The number of nitrogens with one attached hydrogen (secondary N) is 1. The Morgan fingerprint density at radius 3 is 2.55 bits per heavy atom. The van der Waals surface area contributed by atoms with E-state index in [1.165, 1.54) is 17.2 Å². The molecule has 0 aliphatic heterocycles. The minimum Gasteiger partial charge on any atom is -0.344 e. The maximum atomic E-state index is 12.0. The van der Waals surface area contributed by atoms with Crippen LogP contribution in [-0.4, -0.2) is 40.5 Å². The fourth-order valence-electron chi connectivity index (χ4n) is 1.63. The van der Waals surface area contributed by atoms with E-state index in [1.807, 2.05) is 13.8 Å². The molecule has 20 heavy (non-hydrogen) atoms. The average Bonchev–Trinajstić information content (AvgIpc) is 2.32. The molecule has 0 bridgehead atoms. The molecule has 114 valence electrons. The van der Waals surface area contributed by atoms with Crippen molar-refractivity contribution in [2.75, 3.05) is 20.1 Å². The highest BCUT2D eigenvalue weighted by Gasteiger charge is 2.21. The summed E-state index contributed by atoms with van der Waals surface area (Å²) in [6, 6.07) is 1.21. The molecule has 0 spiro atoms. The summed E-state index contributed by atoms with van der Waals surface area (Å²) in [4.78, 5) is 38.0. The van der Waals surface area contributed by atoms with Crippen molar-refractivity contribution in [3.05, 3.63) is 33.1 Å². The largest absolute Gasteiger partial charge is 0.344 e. The third kappa shape index (κ3) is 5.18. The molecule has 1 aromatic heterocycles. The van der Waals surface area contributed by atoms with Gasteiger partial charge in [0.15, 0.2) is 0 Å². The van der Waals surface area contributed by atoms with Gasteiger partial charge in [-0.05, 0) is 12.0 Å². The summed E-state index contributed by atoms with van der Waals surface area (Å²) in [6.07, 6.45) is 1.31. The van der Waals surface area contributed by atoms with Crippen molar-refractivity contribution < 1.29 is 4.79 Å². The van der Waals surface area contributed by atoms with Crippen molar-refractivity contribution >= 4 is 18.3 Å². The van der Waals surface area contributed by atoms with Gasteiger partial charge in [-0.3, -0.25) is 19.1 Å². The fraction of sp³-hybridized carbons (Fsp3) is 0.583. The Kier molecular flexibility index (Phi) is 6.67. The third-order valence-corrected chi connectivity index (χ3v) is 2.85. The number of aromatic nitrogens is 2. The average molecular weight is 305 g/mol. The van der Waals surface area contributed by atoms with Crippen molar-refractivity contribution in [3.8, 4) is 0 Å². The quantitative estimate of drug-likeness (QED) is 0.758. The molecule has 1 aromatic rings. The zero-order valence-corrected chi connectivity index (χ0v) is 12.7. The highest BCUT2D eigenvalue weighted by Crippen LogP contribution is 2.13. The first kappa shape index (κ1) is 18.4. The van der Waals surface area contributed by atoms with Crippen LogP contribution in [0.3, 0.4) is 0 Å². The number of hydrogen-bond acceptors (Lipinski definition) is 4. The lowest BCUT2D eigenvalue weighted by Crippen LogP contribution is -2.42. The SMILES string of the molecule is CN(CC(C)(C)CN)C(=O)Cn1ccc(=O)[nH]c1=O.Cl. The standard InChI is InChI=1S/C12H20N4O3.ClH/c1-12(2,7-13)8-15(3)10(18)6-16-5-4-9(17)14-11(16)19;/h4-5H,6-8,13H2,1-3H3,(H,14,17,19);1H. The number of rotatable bonds is 5. The van der Waals surface area contributed by atoms with Crippen molar-refractivity contribution in [2.45, 2.75) is 20.4 Å². The molecule has 0 saturated heterocycles. The van der Waals surface area contributed by atoms with E-state index in [9.17, 15) is 14.4 Å². The van der Waals surface area contributed by atoms with Gasteiger partial charge in [0.2, 0.25) is 5.91 Å². The van der Waals surface area contributed by atoms with Gasteiger partial charge in [0.1, 0.15) is 6.54 Å². The number of likely N-dealkylation sites (N-methyl/N-ethyl adjacent to an activating group) is 1. The molecule has 1 heterocycles. The van der Waals surface area contributed by atoms with E-state index >= 15 is 0 Å². The molecule has 0 aromatic carbocycles. The van der Waals surface area contributed by atoms with Crippen LogP contribution in [0.4, 0.5) is 0 Å². The van der Waals surface area contributed by atoms with Gasteiger partial charge in [-0.25, -0.2) is 4.79 Å². The topological polar surface area (TPSA) is 101 Å². The molecular formula is C12H21ClN4O3. The zero-order chi connectivity index (χ0) is 14.6. The highest BCUT2D eigenvalue weighted by atomic mass is 35.5. The van der Waals surface area contributed by atoms with Gasteiger partial charge in [-0.1, -0.05) is 13.8 Å². The maximum absolute atomic E-state index is 12.0. The molecule has 0 unspecified atom stereocenters. The summed E-state index contributed by atoms with van der Waals surface area (Å²) in [7, 11) is 1.66. The Bertz CT molecular complexity index is 564. The van der Waals surface area contributed by atoms with Crippen LogP contribution in [0.25, 0.3) is 0 Å². The second-order valence-corrected chi connectivity index (χ2v) is 5.36. The molecule has 8 heteroatoms. The fourth-order valence-corrected chi connectivity index (χ4v) is 1.63. The van der Waals surface area contributed by atoms with E-state index in [2.05, 4.69) is 4.98 Å². The zero-order valence-electron chi connectivity index (χ0n) is 11.9. The number of H-pyrrole nitrogens is 1. The number of nitrogens with two attached hydrogens (primary N) is 1. The summed E-state index contributed by atoms with van der Waals surface area (Å²) in [6.45, 7) is 4.78. The van der Waals surface area contributed by atoms with Crippen LogP contribution in [0, 0.1) is 5.41 Å². The van der Waals surface area contributed by atoms with Gasteiger partial charge < -0.3 is 10.6 Å². The molecule has 0 aliphatic rings. The number of hydrogen-bond donors (Lipinski definition) is 2. The van der Waals surface area contributed by atoms with Crippen LogP contribution in [0.1, 0.15) is 13.8 Å². The minimum absolute atomic E-state index is 0. The third-order valence-electron chi connectivity index (χ3n) is 2.85. The predicted molar refractivity (Wildman–Crippen MR) is 79.0 cm³/mol. The molecule has 0 atom stereocenters. The predicted octanol–water partition coefficient (Wildman–Crippen LogP) is -0.598. The van der Waals surface area contributed by atoms with Crippen LogP contribution in [0.15, 0.2) is 21.9 Å². The minimum atomic E-state index is -0.590. The molecule has 1 amide bonds. The number of amides is 1. The first-order valence-electron chi connectivity index (χ1n) is 5.99. The highest BCUT2D eigenvalue weighted by molar-refractivity contribution is 5.85. The second-order valence-electron chi connectivity index (χ2n) is 5.36. The summed E-state index contributed by atoms with van der Waals surface area (Å²) < 4.78 is 1.16. The van der Waals surface area contributed by atoms with E-state index in [4.69, 9.17) is 5.73 Å². The molecule has 0 saturated carbocycles. The molecule has 1 rings (SSSR count). The summed E-state index contributed by atoms with van der Waals surface area (Å²) in [5.41, 5.74) is 4.36. The van der Waals surface area contributed by atoms with Gasteiger partial charge in [0.25, 0.3) is 5.56 Å². The maximum Gasteiger partial charge on any atom is 0.328 e. The molecular weight excluding hydrogens is 284 g/mol. The van der Waals surface area contributed by atoms with E-state index in [1.54, 1.807) is 7.05 Å². The summed E-state index contributed by atoms with van der Waals surface area (Å²) in [5, 5.41) is 0. The Morgan fingerprint density at radius 1 is 1.45 bits per heavy atom. The first-order valence-corrected chi connectivity index (χ1v) is 5.99. The van der Waals surface area contributed by atoms with Gasteiger partial charge >= 0.3 is 5.69 Å². The Morgan fingerprint density at radius 2 is 2.05 bits per heavy atom. The van der Waals surface area contributed by atoms with Crippen LogP contribution < -0.4 is 17.0 Å². The first-order chi connectivity index (χ1) is 8.75. The van der Waals surface area contributed by atoms with E-state index < -0.39 is 11.2 Å². The number of nitrogens with zero attached hydrogens (tertiary/aromatic N) is 2. The van der Waals surface area contributed by atoms with E-state index in [0.717, 1.165) is 4.57 Å². The smallest absolute Gasteiger partial charge is 0.328 e. The molecule has 0 radical (unpaired) electrons. The number of carbonyl (C=O) groups is 1. The molecule has 0 aliphatic carbocycles. The molecule has 3 N–H and O–H groups in total. The lowest BCUT2D eigenvalue weighted by molar-refractivity contribution is -0.131. The van der Waals surface area contributed by atoms with Crippen molar-refractivity contribution in [1.29, 1.82) is 0 Å². The lowest BCUT2D eigenvalue weighted by Gasteiger charge is -2.29. The Balaban J connectivity index is 0.00000361. The van der Waals surface area contributed by atoms with Crippen molar-refractivity contribution in [2.24, 2.45) is 11.1 Å². The molecule has 7 nitrogen and oxygen atoms in total. The second kappa shape index (κ2) is 7.25. The Hall–Kier alpha value is -1.60. The van der Waals surface area contributed by atoms with Crippen LogP contribution in [0.5, 0.6) is 0 Å². The normalized spacial score (nSPS) is 10.8. The van der Waals surface area contributed by atoms with E-state index in [0.29, 0.717) is 13.1 Å². The number of carbonyl (C=O) groups excluding carboxylic acids is 1. The van der Waals surface area contributed by atoms with Crippen LogP contribution in [0.2, 0.25) is 0 Å². The van der Waals surface area contributed by atoms with Crippen LogP contribution >= 0.6 is 12.4 Å². The monoisotopic (exact) mass is 304 g/mol. The van der Waals surface area contributed by atoms with Crippen molar-refractivity contribution in [1.82, 2.24) is 14.5 Å². The summed E-state index contributed by atoms with van der Waals surface area (Å²) in [5.74, 6) is -0.212.